The second kappa shape index (κ2) is 7.41. The van der Waals surface area contributed by atoms with Crippen molar-refractivity contribution < 1.29 is 19.4 Å². The molecule has 0 atom stereocenters. The highest BCUT2D eigenvalue weighted by Crippen LogP contribution is 2.38. The van der Waals surface area contributed by atoms with Crippen LogP contribution in [0.2, 0.25) is 0 Å². The zero-order valence-electron chi connectivity index (χ0n) is 15.9. The third-order valence-electron chi connectivity index (χ3n) is 4.92. The van der Waals surface area contributed by atoms with Crippen molar-refractivity contribution in [2.45, 2.75) is 13.5 Å². The largest absolute Gasteiger partial charge is 0.424 e. The van der Waals surface area contributed by atoms with Crippen LogP contribution in [0.5, 0.6) is 5.75 Å². The number of fused-ring (bicyclic) bond motifs is 3. The van der Waals surface area contributed by atoms with Crippen molar-refractivity contribution in [2.24, 2.45) is 5.73 Å². The molecule has 6 nitrogen and oxygen atoms in total. The summed E-state index contributed by atoms with van der Waals surface area (Å²) >= 11 is 0. The lowest BCUT2D eigenvalue weighted by Crippen LogP contribution is -2.13. The van der Waals surface area contributed by atoms with Crippen molar-refractivity contribution >= 4 is 33.7 Å². The van der Waals surface area contributed by atoms with E-state index in [-0.39, 0.29) is 5.75 Å². The Balaban J connectivity index is 2.04. The lowest BCUT2D eigenvalue weighted by molar-refractivity contribution is -0.137. The summed E-state index contributed by atoms with van der Waals surface area (Å²) in [6.07, 6.45) is 0. The standard InChI is InChI=1S/C23H20N2O4/c1-14-5-2-6-15(11-14)12-25-17-8-3-7-16(23(24)28)21(17)22-18(25)9-4-10-19(22)29-20(27)13-26/h2-11,26H,12-13H2,1H3,(H2,24,28). The SMILES string of the molecule is Cc1cccc(Cn2c3cccc(OC(=O)CO)c3c3c(C(N)=O)cccc32)c1. The average Bonchev–Trinajstić information content (AvgIpc) is 3.02. The van der Waals surface area contributed by atoms with Gasteiger partial charge in [0.15, 0.2) is 0 Å². The van der Waals surface area contributed by atoms with E-state index in [0.717, 1.165) is 22.2 Å². The van der Waals surface area contributed by atoms with Gasteiger partial charge >= 0.3 is 5.97 Å². The summed E-state index contributed by atoms with van der Waals surface area (Å²) in [7, 11) is 0. The molecule has 1 heterocycles. The molecule has 1 amide bonds. The Morgan fingerprint density at radius 3 is 2.38 bits per heavy atom. The topological polar surface area (TPSA) is 94.6 Å². The average molecular weight is 388 g/mol. The second-order valence-electron chi connectivity index (χ2n) is 6.92. The molecule has 4 aromatic rings. The summed E-state index contributed by atoms with van der Waals surface area (Å²) in [5, 5.41) is 10.3. The number of carbonyl (C=O) groups excluding carboxylic acids is 2. The van der Waals surface area contributed by atoms with Gasteiger partial charge in [0.05, 0.1) is 16.4 Å². The first-order chi connectivity index (χ1) is 14.0. The van der Waals surface area contributed by atoms with Gasteiger partial charge in [0.2, 0.25) is 5.91 Å². The number of aromatic nitrogens is 1. The zero-order valence-corrected chi connectivity index (χ0v) is 15.9. The van der Waals surface area contributed by atoms with Gasteiger partial charge in [-0.3, -0.25) is 4.79 Å². The Kier molecular flexibility index (Phi) is 4.78. The van der Waals surface area contributed by atoms with Crippen LogP contribution in [0.4, 0.5) is 0 Å². The first kappa shape index (κ1) is 18.7. The number of hydrogen-bond donors (Lipinski definition) is 2. The number of aliphatic hydroxyl groups is 1. The molecule has 146 valence electrons. The number of hydrogen-bond acceptors (Lipinski definition) is 4. The molecule has 0 saturated carbocycles. The molecule has 3 aromatic carbocycles. The fraction of sp³-hybridized carbons (Fsp3) is 0.130. The molecule has 6 heteroatoms. The number of aliphatic hydroxyl groups excluding tert-OH is 1. The van der Waals surface area contributed by atoms with Gasteiger partial charge < -0.3 is 20.1 Å². The van der Waals surface area contributed by atoms with E-state index in [2.05, 4.69) is 10.6 Å². The van der Waals surface area contributed by atoms with Crippen molar-refractivity contribution in [2.75, 3.05) is 6.61 Å². The monoisotopic (exact) mass is 388 g/mol. The third kappa shape index (κ3) is 3.34. The Labute approximate surface area is 167 Å². The molecular weight excluding hydrogens is 368 g/mol. The van der Waals surface area contributed by atoms with E-state index in [0.29, 0.717) is 22.9 Å². The van der Waals surface area contributed by atoms with E-state index in [4.69, 9.17) is 15.6 Å². The van der Waals surface area contributed by atoms with E-state index in [9.17, 15) is 9.59 Å². The Bertz CT molecular complexity index is 1260. The molecule has 29 heavy (non-hydrogen) atoms. The van der Waals surface area contributed by atoms with Crippen LogP contribution in [0.3, 0.4) is 0 Å². The molecule has 0 aliphatic rings. The normalized spacial score (nSPS) is 11.1. The number of rotatable bonds is 5. The summed E-state index contributed by atoms with van der Waals surface area (Å²) in [6.45, 7) is 1.87. The molecule has 4 rings (SSSR count). The second-order valence-corrected chi connectivity index (χ2v) is 6.92. The quantitative estimate of drug-likeness (QED) is 0.406. The van der Waals surface area contributed by atoms with Crippen molar-refractivity contribution in [3.63, 3.8) is 0 Å². The van der Waals surface area contributed by atoms with E-state index in [1.54, 1.807) is 24.3 Å². The predicted molar refractivity (Wildman–Crippen MR) is 111 cm³/mol. The van der Waals surface area contributed by atoms with Gasteiger partial charge in [-0.05, 0) is 36.8 Å². The zero-order chi connectivity index (χ0) is 20.5. The van der Waals surface area contributed by atoms with Crippen LogP contribution in [0.1, 0.15) is 21.5 Å². The van der Waals surface area contributed by atoms with E-state index in [1.807, 2.05) is 37.3 Å². The molecule has 0 aliphatic heterocycles. The lowest BCUT2D eigenvalue weighted by Gasteiger charge is -2.09. The number of primary amides is 1. The van der Waals surface area contributed by atoms with Crippen LogP contribution in [0, 0.1) is 6.92 Å². The van der Waals surface area contributed by atoms with E-state index >= 15 is 0 Å². The number of amides is 1. The van der Waals surface area contributed by atoms with Gasteiger partial charge in [0.25, 0.3) is 0 Å². The molecule has 3 N–H and O–H groups in total. The van der Waals surface area contributed by atoms with Crippen molar-refractivity contribution in [3.05, 3.63) is 77.4 Å². The van der Waals surface area contributed by atoms with Gasteiger partial charge in [-0.25, -0.2) is 4.79 Å². The maximum atomic E-state index is 12.1. The van der Waals surface area contributed by atoms with Gasteiger partial charge in [0, 0.05) is 17.5 Å². The molecule has 0 aliphatic carbocycles. The number of nitrogens with zero attached hydrogens (tertiary/aromatic N) is 1. The maximum Gasteiger partial charge on any atom is 0.337 e. The minimum atomic E-state index is -0.770. The first-order valence-electron chi connectivity index (χ1n) is 9.20. The first-order valence-corrected chi connectivity index (χ1v) is 9.20. The van der Waals surface area contributed by atoms with E-state index < -0.39 is 18.5 Å². The number of carbonyl (C=O) groups is 2. The summed E-state index contributed by atoms with van der Waals surface area (Å²) in [5.74, 6) is -1.05. The molecule has 1 aromatic heterocycles. The van der Waals surface area contributed by atoms with Crippen molar-refractivity contribution in [1.29, 1.82) is 0 Å². The smallest absolute Gasteiger partial charge is 0.337 e. The van der Waals surface area contributed by atoms with Gasteiger partial charge in [-0.1, -0.05) is 42.0 Å². The molecule has 0 saturated heterocycles. The van der Waals surface area contributed by atoms with Gasteiger partial charge in [-0.2, -0.15) is 0 Å². The van der Waals surface area contributed by atoms with Crippen LogP contribution in [-0.4, -0.2) is 28.2 Å². The summed E-state index contributed by atoms with van der Waals surface area (Å²) in [4.78, 5) is 23.9. The van der Waals surface area contributed by atoms with Crippen LogP contribution < -0.4 is 10.5 Å². The molecule has 0 bridgehead atoms. The molecule has 0 unspecified atom stereocenters. The van der Waals surface area contributed by atoms with E-state index in [1.165, 1.54) is 0 Å². The minimum absolute atomic E-state index is 0.281. The maximum absolute atomic E-state index is 12.1. The lowest BCUT2D eigenvalue weighted by atomic mass is 10.1. The molecule has 0 spiro atoms. The van der Waals surface area contributed by atoms with Crippen LogP contribution in [-0.2, 0) is 11.3 Å². The van der Waals surface area contributed by atoms with Crippen LogP contribution in [0.25, 0.3) is 21.8 Å². The summed E-state index contributed by atoms with van der Waals surface area (Å²) < 4.78 is 7.42. The fourth-order valence-electron chi connectivity index (χ4n) is 3.76. The van der Waals surface area contributed by atoms with Gasteiger partial charge in [-0.15, -0.1) is 0 Å². The minimum Gasteiger partial charge on any atom is -0.424 e. The van der Waals surface area contributed by atoms with Crippen LogP contribution >= 0.6 is 0 Å². The fourth-order valence-corrected chi connectivity index (χ4v) is 3.76. The third-order valence-corrected chi connectivity index (χ3v) is 4.92. The Morgan fingerprint density at radius 1 is 1.00 bits per heavy atom. The molecular formula is C23H20N2O4. The predicted octanol–water partition coefficient (Wildman–Crippen LogP) is 3.15. The molecule has 0 radical (unpaired) electrons. The van der Waals surface area contributed by atoms with Crippen LogP contribution in [0.15, 0.2) is 60.7 Å². The molecule has 0 fully saturated rings. The summed E-state index contributed by atoms with van der Waals surface area (Å²) in [6, 6.07) is 18.9. The highest BCUT2D eigenvalue weighted by Gasteiger charge is 2.20. The number of benzene rings is 3. The Morgan fingerprint density at radius 2 is 1.69 bits per heavy atom. The van der Waals surface area contributed by atoms with Gasteiger partial charge in [0.1, 0.15) is 12.4 Å². The number of ether oxygens (including phenoxy) is 1. The van der Waals surface area contributed by atoms with Crippen molar-refractivity contribution in [1.82, 2.24) is 4.57 Å². The highest BCUT2D eigenvalue weighted by atomic mass is 16.5. The number of nitrogens with two attached hydrogens (primary N) is 1. The Hall–Kier alpha value is -3.64. The summed E-state index contributed by atoms with van der Waals surface area (Å²) in [5.41, 5.74) is 9.85. The van der Waals surface area contributed by atoms with Crippen molar-refractivity contribution in [3.8, 4) is 5.75 Å². The highest BCUT2D eigenvalue weighted by molar-refractivity contribution is 6.20. The number of esters is 1. The number of aryl methyl sites for hydroxylation is 1.